The van der Waals surface area contributed by atoms with Crippen LogP contribution >= 0.6 is 0 Å². The van der Waals surface area contributed by atoms with Gasteiger partial charge in [0.1, 0.15) is 17.5 Å². The lowest BCUT2D eigenvalue weighted by atomic mass is 10.2. The second-order valence-electron chi connectivity index (χ2n) is 7.67. The molecule has 0 saturated carbocycles. The highest BCUT2D eigenvalue weighted by Gasteiger charge is 2.33. The van der Waals surface area contributed by atoms with Crippen LogP contribution in [0.15, 0.2) is 48.5 Å². The number of methoxy groups -OCH3 is 1. The lowest BCUT2D eigenvalue weighted by molar-refractivity contribution is -0.132. The van der Waals surface area contributed by atoms with Crippen molar-refractivity contribution in [1.82, 2.24) is 4.90 Å². The van der Waals surface area contributed by atoms with Crippen LogP contribution in [0.4, 0.5) is 11.4 Å². The van der Waals surface area contributed by atoms with Crippen molar-refractivity contribution in [2.75, 3.05) is 55.4 Å². The predicted molar refractivity (Wildman–Crippen MR) is 126 cm³/mol. The van der Waals surface area contributed by atoms with Crippen LogP contribution in [0.1, 0.15) is 13.8 Å². The molecule has 1 atom stereocenters. The van der Waals surface area contributed by atoms with Crippen molar-refractivity contribution in [3.8, 4) is 11.5 Å². The van der Waals surface area contributed by atoms with Gasteiger partial charge in [-0.2, -0.15) is 0 Å². The van der Waals surface area contributed by atoms with Gasteiger partial charge in [0.2, 0.25) is 15.9 Å². The normalized spacial score (nSPS) is 15.2. The fraction of sp³-hybridized carbons (Fsp3) is 0.435. The van der Waals surface area contributed by atoms with Crippen molar-refractivity contribution in [3.05, 3.63) is 48.5 Å². The Kier molecular flexibility index (Phi) is 7.50. The van der Waals surface area contributed by atoms with Crippen molar-refractivity contribution in [2.45, 2.75) is 19.9 Å². The van der Waals surface area contributed by atoms with Gasteiger partial charge in [0, 0.05) is 31.9 Å². The van der Waals surface area contributed by atoms with Gasteiger partial charge in [0.05, 0.1) is 25.7 Å². The predicted octanol–water partition coefficient (Wildman–Crippen LogP) is 2.60. The Morgan fingerprint density at radius 3 is 2.06 bits per heavy atom. The van der Waals surface area contributed by atoms with Gasteiger partial charge in [0.25, 0.3) is 0 Å². The van der Waals surface area contributed by atoms with Crippen molar-refractivity contribution >= 4 is 27.3 Å². The second kappa shape index (κ2) is 10.1. The SMILES string of the molecule is CCOc1ccc(N([C@@H](C)C(=O)N2CCN(c3ccc(OC)cc3)CC2)S(C)(=O)=O)cc1. The number of benzene rings is 2. The van der Waals surface area contributed by atoms with E-state index in [9.17, 15) is 13.2 Å². The van der Waals surface area contributed by atoms with Gasteiger partial charge in [-0.3, -0.25) is 9.10 Å². The molecule has 2 aromatic carbocycles. The maximum absolute atomic E-state index is 13.2. The lowest BCUT2D eigenvalue weighted by Gasteiger charge is -2.39. The van der Waals surface area contributed by atoms with Crippen LogP contribution in [0, 0.1) is 0 Å². The molecule has 9 heteroatoms. The molecule has 1 aliphatic heterocycles. The first-order chi connectivity index (χ1) is 15.2. The Labute approximate surface area is 190 Å². The third-order valence-electron chi connectivity index (χ3n) is 5.50. The average Bonchev–Trinajstić information content (AvgIpc) is 2.79. The number of carbonyl (C=O) groups excluding carboxylic acids is 1. The summed E-state index contributed by atoms with van der Waals surface area (Å²) in [5.74, 6) is 1.24. The summed E-state index contributed by atoms with van der Waals surface area (Å²) in [4.78, 5) is 17.2. The molecule has 3 rings (SSSR count). The zero-order valence-corrected chi connectivity index (χ0v) is 19.8. The minimum absolute atomic E-state index is 0.210. The van der Waals surface area contributed by atoms with E-state index >= 15 is 0 Å². The van der Waals surface area contributed by atoms with Gasteiger partial charge in [0.15, 0.2) is 0 Å². The largest absolute Gasteiger partial charge is 0.497 e. The minimum Gasteiger partial charge on any atom is -0.497 e. The number of hydrogen-bond donors (Lipinski definition) is 0. The van der Waals surface area contributed by atoms with Crippen LogP contribution in [0.3, 0.4) is 0 Å². The summed E-state index contributed by atoms with van der Waals surface area (Å²) in [5.41, 5.74) is 1.51. The summed E-state index contributed by atoms with van der Waals surface area (Å²) in [7, 11) is -2.03. The molecule has 0 N–H and O–H groups in total. The number of anilines is 2. The topological polar surface area (TPSA) is 79.4 Å². The van der Waals surface area contributed by atoms with E-state index in [2.05, 4.69) is 4.90 Å². The number of amides is 1. The summed E-state index contributed by atoms with van der Waals surface area (Å²) in [5, 5.41) is 0. The summed E-state index contributed by atoms with van der Waals surface area (Å²) >= 11 is 0. The van der Waals surface area contributed by atoms with Crippen molar-refractivity contribution in [2.24, 2.45) is 0 Å². The number of hydrogen-bond acceptors (Lipinski definition) is 6. The van der Waals surface area contributed by atoms with Crippen LogP contribution in [-0.2, 0) is 14.8 Å². The van der Waals surface area contributed by atoms with Gasteiger partial charge in [-0.1, -0.05) is 0 Å². The summed E-state index contributed by atoms with van der Waals surface area (Å²) in [6.07, 6.45) is 1.12. The quantitative estimate of drug-likeness (QED) is 0.601. The summed E-state index contributed by atoms with van der Waals surface area (Å²) in [6.45, 7) is 6.43. The van der Waals surface area contributed by atoms with Crippen LogP contribution in [0.5, 0.6) is 11.5 Å². The standard InChI is InChI=1S/C23H31N3O5S/c1-5-31-22-12-8-20(9-13-22)26(32(4,28)29)18(2)23(27)25-16-14-24(15-17-25)19-6-10-21(30-3)11-7-19/h6-13,18H,5,14-17H2,1-4H3/t18-/m0/s1. The molecule has 1 saturated heterocycles. The highest BCUT2D eigenvalue weighted by molar-refractivity contribution is 7.92. The first kappa shape index (κ1) is 23.7. The third kappa shape index (κ3) is 5.45. The zero-order chi connectivity index (χ0) is 23.3. The lowest BCUT2D eigenvalue weighted by Crippen LogP contribution is -2.55. The number of ether oxygens (including phenoxy) is 2. The van der Waals surface area contributed by atoms with E-state index in [1.165, 1.54) is 4.31 Å². The van der Waals surface area contributed by atoms with Gasteiger partial charge >= 0.3 is 0 Å². The molecule has 0 radical (unpaired) electrons. The van der Waals surface area contributed by atoms with Crippen LogP contribution < -0.4 is 18.7 Å². The first-order valence-corrected chi connectivity index (χ1v) is 12.5. The highest BCUT2D eigenvalue weighted by Crippen LogP contribution is 2.26. The molecule has 1 aliphatic rings. The Morgan fingerprint density at radius 2 is 1.56 bits per heavy atom. The molecule has 1 heterocycles. The molecule has 32 heavy (non-hydrogen) atoms. The maximum atomic E-state index is 13.2. The molecule has 1 fully saturated rings. The Bertz CT molecular complexity index is 1000. The van der Waals surface area contributed by atoms with Crippen LogP contribution in [0.25, 0.3) is 0 Å². The van der Waals surface area contributed by atoms with Gasteiger partial charge in [-0.25, -0.2) is 8.42 Å². The maximum Gasteiger partial charge on any atom is 0.246 e. The highest BCUT2D eigenvalue weighted by atomic mass is 32.2. The van der Waals surface area contributed by atoms with Gasteiger partial charge in [-0.05, 0) is 62.4 Å². The monoisotopic (exact) mass is 461 g/mol. The van der Waals surface area contributed by atoms with Crippen molar-refractivity contribution < 1.29 is 22.7 Å². The number of carbonyl (C=O) groups is 1. The van der Waals surface area contributed by atoms with Gasteiger partial charge < -0.3 is 19.3 Å². The van der Waals surface area contributed by atoms with Crippen LogP contribution in [0.2, 0.25) is 0 Å². The van der Waals surface area contributed by atoms with E-state index in [4.69, 9.17) is 9.47 Å². The summed E-state index contributed by atoms with van der Waals surface area (Å²) < 4.78 is 37.0. The van der Waals surface area contributed by atoms with Crippen LogP contribution in [-0.4, -0.2) is 71.4 Å². The Morgan fingerprint density at radius 1 is 1.00 bits per heavy atom. The average molecular weight is 462 g/mol. The number of sulfonamides is 1. The fourth-order valence-corrected chi connectivity index (χ4v) is 5.07. The van der Waals surface area contributed by atoms with Gasteiger partial charge in [-0.15, -0.1) is 0 Å². The zero-order valence-electron chi connectivity index (χ0n) is 19.0. The number of piperazine rings is 1. The van der Waals surface area contributed by atoms with E-state index in [0.717, 1.165) is 17.7 Å². The molecule has 0 spiro atoms. The first-order valence-electron chi connectivity index (χ1n) is 10.6. The van der Waals surface area contributed by atoms with Crippen molar-refractivity contribution in [1.29, 1.82) is 0 Å². The molecular weight excluding hydrogens is 430 g/mol. The van der Waals surface area contributed by atoms with E-state index in [-0.39, 0.29) is 5.91 Å². The third-order valence-corrected chi connectivity index (χ3v) is 6.74. The molecule has 0 aromatic heterocycles. The summed E-state index contributed by atoms with van der Waals surface area (Å²) in [6, 6.07) is 13.7. The van der Waals surface area contributed by atoms with E-state index < -0.39 is 16.1 Å². The number of nitrogens with zero attached hydrogens (tertiary/aromatic N) is 3. The molecule has 174 valence electrons. The molecule has 8 nitrogen and oxygen atoms in total. The second-order valence-corrected chi connectivity index (χ2v) is 9.53. The number of rotatable bonds is 8. The smallest absolute Gasteiger partial charge is 0.246 e. The molecule has 0 bridgehead atoms. The molecule has 0 unspecified atom stereocenters. The van der Waals surface area contributed by atoms with E-state index in [0.29, 0.717) is 44.2 Å². The minimum atomic E-state index is -3.66. The fourth-order valence-electron chi connectivity index (χ4n) is 3.90. The molecular formula is C23H31N3O5S. The Balaban J connectivity index is 1.69. The van der Waals surface area contributed by atoms with E-state index in [1.54, 1.807) is 43.2 Å². The van der Waals surface area contributed by atoms with Crippen molar-refractivity contribution in [3.63, 3.8) is 0 Å². The molecule has 0 aliphatic carbocycles. The Hall–Kier alpha value is -2.94. The molecule has 2 aromatic rings. The molecule has 1 amide bonds. The van der Waals surface area contributed by atoms with E-state index in [1.807, 2.05) is 31.2 Å².